The van der Waals surface area contributed by atoms with Crippen molar-refractivity contribution in [3.05, 3.63) is 60.2 Å². The van der Waals surface area contributed by atoms with Crippen LogP contribution in [0.4, 0.5) is 0 Å². The Hall–Kier alpha value is -2.89. The molecule has 1 aromatic heterocycles. The van der Waals surface area contributed by atoms with Crippen molar-refractivity contribution in [2.24, 2.45) is 0 Å². The van der Waals surface area contributed by atoms with Crippen molar-refractivity contribution in [2.45, 2.75) is 6.61 Å². The molecule has 0 bridgehead atoms. The highest BCUT2D eigenvalue weighted by molar-refractivity contribution is 5.53. The quantitative estimate of drug-likeness (QED) is 0.716. The summed E-state index contributed by atoms with van der Waals surface area (Å²) in [6, 6.07) is 17.3. The molecule has 1 heterocycles. The Bertz CT molecular complexity index is 712. The third-order valence-electron chi connectivity index (χ3n) is 3.01. The standard InChI is InChI=1S/C15H14N4O2/c1-20-14-10-6-5-9-13(14)11-21-19-15(16-17-18-19)12-7-3-2-4-8-12/h2-10H,11H2,1H3. The molecule has 2 aromatic carbocycles. The maximum absolute atomic E-state index is 5.66. The molecule has 6 nitrogen and oxygen atoms in total. The Morgan fingerprint density at radius 1 is 1.00 bits per heavy atom. The number of rotatable bonds is 5. The van der Waals surface area contributed by atoms with Crippen LogP contribution in [0.15, 0.2) is 54.6 Å². The van der Waals surface area contributed by atoms with Gasteiger partial charge in [-0.3, -0.25) is 0 Å². The third kappa shape index (κ3) is 2.84. The molecule has 0 unspecified atom stereocenters. The van der Waals surface area contributed by atoms with Crippen LogP contribution in [0.1, 0.15) is 5.56 Å². The van der Waals surface area contributed by atoms with Crippen molar-refractivity contribution in [3.63, 3.8) is 0 Å². The van der Waals surface area contributed by atoms with E-state index < -0.39 is 0 Å². The van der Waals surface area contributed by atoms with E-state index in [2.05, 4.69) is 15.5 Å². The summed E-state index contributed by atoms with van der Waals surface area (Å²) in [5, 5.41) is 11.5. The van der Waals surface area contributed by atoms with Crippen LogP contribution < -0.4 is 9.57 Å². The third-order valence-corrected chi connectivity index (χ3v) is 3.01. The average Bonchev–Trinajstić information content (AvgIpc) is 3.02. The number of nitrogens with zero attached hydrogens (tertiary/aromatic N) is 4. The highest BCUT2D eigenvalue weighted by Gasteiger charge is 2.10. The van der Waals surface area contributed by atoms with Gasteiger partial charge in [0.2, 0.25) is 5.82 Å². The van der Waals surface area contributed by atoms with Gasteiger partial charge in [0.1, 0.15) is 12.4 Å². The normalized spacial score (nSPS) is 10.3. The Morgan fingerprint density at radius 2 is 1.76 bits per heavy atom. The topological polar surface area (TPSA) is 62.1 Å². The van der Waals surface area contributed by atoms with E-state index in [1.807, 2.05) is 54.6 Å². The number of benzene rings is 2. The number of tetrazole rings is 1. The lowest BCUT2D eigenvalue weighted by molar-refractivity contribution is 0.0682. The lowest BCUT2D eigenvalue weighted by Crippen LogP contribution is -2.15. The van der Waals surface area contributed by atoms with E-state index in [1.165, 1.54) is 4.85 Å². The van der Waals surface area contributed by atoms with Crippen molar-refractivity contribution in [1.29, 1.82) is 0 Å². The molecule has 0 aliphatic heterocycles. The predicted octanol–water partition coefficient (Wildman–Crippen LogP) is 1.98. The molecule has 0 aliphatic rings. The summed E-state index contributed by atoms with van der Waals surface area (Å²) in [7, 11) is 1.63. The molecule has 0 saturated heterocycles. The van der Waals surface area contributed by atoms with Crippen LogP contribution in [0, 0.1) is 0 Å². The maximum Gasteiger partial charge on any atom is 0.222 e. The summed E-state index contributed by atoms with van der Waals surface area (Å²) in [4.78, 5) is 6.98. The largest absolute Gasteiger partial charge is 0.496 e. The fourth-order valence-electron chi connectivity index (χ4n) is 1.97. The van der Waals surface area contributed by atoms with Crippen LogP contribution >= 0.6 is 0 Å². The molecule has 21 heavy (non-hydrogen) atoms. The molecule has 106 valence electrons. The van der Waals surface area contributed by atoms with Gasteiger partial charge >= 0.3 is 0 Å². The SMILES string of the molecule is COc1ccccc1COn1nnnc1-c1ccccc1. The second kappa shape index (κ2) is 6.04. The average molecular weight is 282 g/mol. The van der Waals surface area contributed by atoms with Crippen LogP contribution in [0.25, 0.3) is 11.4 Å². The van der Waals surface area contributed by atoms with Crippen molar-refractivity contribution in [1.82, 2.24) is 20.4 Å². The van der Waals surface area contributed by atoms with Gasteiger partial charge in [0.05, 0.1) is 7.11 Å². The van der Waals surface area contributed by atoms with Gasteiger partial charge in [0.25, 0.3) is 0 Å². The van der Waals surface area contributed by atoms with E-state index in [9.17, 15) is 0 Å². The molecule has 0 atom stereocenters. The molecular weight excluding hydrogens is 268 g/mol. The van der Waals surface area contributed by atoms with E-state index in [0.717, 1.165) is 16.9 Å². The maximum atomic E-state index is 5.66. The first-order valence-electron chi connectivity index (χ1n) is 6.47. The Balaban J connectivity index is 1.79. The minimum Gasteiger partial charge on any atom is -0.496 e. The van der Waals surface area contributed by atoms with Gasteiger partial charge in [-0.2, -0.15) is 0 Å². The Morgan fingerprint density at radius 3 is 2.57 bits per heavy atom. The fraction of sp³-hybridized carbons (Fsp3) is 0.133. The summed E-state index contributed by atoms with van der Waals surface area (Å²) in [6.07, 6.45) is 0. The molecule has 3 rings (SSSR count). The zero-order valence-corrected chi connectivity index (χ0v) is 11.5. The first-order valence-corrected chi connectivity index (χ1v) is 6.47. The van der Waals surface area contributed by atoms with E-state index >= 15 is 0 Å². The van der Waals surface area contributed by atoms with Gasteiger partial charge in [-0.1, -0.05) is 53.4 Å². The van der Waals surface area contributed by atoms with Crippen LogP contribution in [0.3, 0.4) is 0 Å². The monoisotopic (exact) mass is 282 g/mol. The van der Waals surface area contributed by atoms with Gasteiger partial charge in [0.15, 0.2) is 0 Å². The van der Waals surface area contributed by atoms with E-state index in [4.69, 9.17) is 9.57 Å². The lowest BCUT2D eigenvalue weighted by Gasteiger charge is -2.09. The molecule has 0 aliphatic carbocycles. The van der Waals surface area contributed by atoms with Gasteiger partial charge in [-0.15, -0.1) is 5.10 Å². The molecule has 0 fully saturated rings. The summed E-state index contributed by atoms with van der Waals surface area (Å²) in [5.41, 5.74) is 1.82. The predicted molar refractivity (Wildman–Crippen MR) is 76.5 cm³/mol. The molecule has 0 saturated carbocycles. The van der Waals surface area contributed by atoms with Gasteiger partial charge in [-0.05, 0) is 16.5 Å². The second-order valence-electron chi connectivity index (χ2n) is 4.33. The smallest absolute Gasteiger partial charge is 0.222 e. The lowest BCUT2D eigenvalue weighted by atomic mass is 10.2. The van der Waals surface area contributed by atoms with Crippen molar-refractivity contribution >= 4 is 0 Å². The zero-order chi connectivity index (χ0) is 14.5. The Labute approximate surface area is 121 Å². The first-order chi connectivity index (χ1) is 10.4. The van der Waals surface area contributed by atoms with Crippen LogP contribution in [-0.4, -0.2) is 27.5 Å². The van der Waals surface area contributed by atoms with Gasteiger partial charge < -0.3 is 9.57 Å². The first kappa shape index (κ1) is 13.1. The second-order valence-corrected chi connectivity index (χ2v) is 4.33. The van der Waals surface area contributed by atoms with Gasteiger partial charge in [0, 0.05) is 11.1 Å². The van der Waals surface area contributed by atoms with Crippen molar-refractivity contribution in [3.8, 4) is 17.1 Å². The minimum absolute atomic E-state index is 0.314. The van der Waals surface area contributed by atoms with Crippen LogP contribution in [-0.2, 0) is 6.61 Å². The number of hydrogen-bond acceptors (Lipinski definition) is 5. The zero-order valence-electron chi connectivity index (χ0n) is 11.5. The summed E-state index contributed by atoms with van der Waals surface area (Å²) >= 11 is 0. The summed E-state index contributed by atoms with van der Waals surface area (Å²) in [6.45, 7) is 0.314. The van der Waals surface area contributed by atoms with Gasteiger partial charge in [-0.25, -0.2) is 0 Å². The summed E-state index contributed by atoms with van der Waals surface area (Å²) in [5.74, 6) is 1.33. The highest BCUT2D eigenvalue weighted by atomic mass is 16.7. The number of para-hydroxylation sites is 1. The molecule has 0 N–H and O–H groups in total. The van der Waals surface area contributed by atoms with E-state index in [0.29, 0.717) is 12.4 Å². The Kier molecular flexibility index (Phi) is 3.77. The minimum atomic E-state index is 0.314. The van der Waals surface area contributed by atoms with E-state index in [-0.39, 0.29) is 0 Å². The van der Waals surface area contributed by atoms with Crippen molar-refractivity contribution < 1.29 is 9.57 Å². The number of hydrogen-bond donors (Lipinski definition) is 0. The fourth-order valence-corrected chi connectivity index (χ4v) is 1.97. The number of methoxy groups -OCH3 is 1. The molecule has 0 spiro atoms. The van der Waals surface area contributed by atoms with E-state index in [1.54, 1.807) is 7.11 Å². The molecule has 6 heteroatoms. The van der Waals surface area contributed by atoms with Crippen LogP contribution in [0.5, 0.6) is 5.75 Å². The molecule has 0 radical (unpaired) electrons. The van der Waals surface area contributed by atoms with Crippen molar-refractivity contribution in [2.75, 3.05) is 7.11 Å². The molecule has 3 aromatic rings. The molecular formula is C15H14N4O2. The van der Waals surface area contributed by atoms with Crippen LogP contribution in [0.2, 0.25) is 0 Å². The summed E-state index contributed by atoms with van der Waals surface area (Å²) < 4.78 is 5.29. The number of ether oxygens (including phenoxy) is 1. The molecule has 0 amide bonds. The highest BCUT2D eigenvalue weighted by Crippen LogP contribution is 2.18. The number of aromatic nitrogens is 4.